The first-order chi connectivity index (χ1) is 9.25. The summed E-state index contributed by atoms with van der Waals surface area (Å²) in [5.74, 6) is 0. The van der Waals surface area contributed by atoms with E-state index in [9.17, 15) is 0 Å². The van der Waals surface area contributed by atoms with Gasteiger partial charge in [0.1, 0.15) is 0 Å². The minimum Gasteiger partial charge on any atom is -0.306 e. The molecule has 0 bridgehead atoms. The molecule has 3 rings (SSSR count). The fourth-order valence-corrected chi connectivity index (χ4v) is 3.07. The number of halogens is 2. The largest absolute Gasteiger partial charge is 0.306 e. The summed E-state index contributed by atoms with van der Waals surface area (Å²) in [4.78, 5) is 0. The molecule has 1 nitrogen and oxygen atoms in total. The summed E-state index contributed by atoms with van der Waals surface area (Å²) in [7, 11) is 0. The molecule has 1 atom stereocenters. The third-order valence-electron chi connectivity index (χ3n) is 3.70. The predicted molar refractivity (Wildman–Crippen MR) is 80.8 cm³/mol. The lowest BCUT2D eigenvalue weighted by molar-refractivity contribution is 0.530. The molecule has 0 saturated carbocycles. The van der Waals surface area contributed by atoms with Gasteiger partial charge in [-0.2, -0.15) is 0 Å². The van der Waals surface area contributed by atoms with Crippen LogP contribution < -0.4 is 5.32 Å². The van der Waals surface area contributed by atoms with Crippen molar-refractivity contribution in [2.24, 2.45) is 0 Å². The summed E-state index contributed by atoms with van der Waals surface area (Å²) in [5.41, 5.74) is 3.93. The SMILES string of the molecule is Clc1cccc(CNC2CCc3ccccc32)c1Cl. The van der Waals surface area contributed by atoms with Gasteiger partial charge in [-0.3, -0.25) is 0 Å². The molecule has 1 aliphatic carbocycles. The average molecular weight is 292 g/mol. The van der Waals surface area contributed by atoms with Gasteiger partial charge in [-0.15, -0.1) is 0 Å². The molecule has 19 heavy (non-hydrogen) atoms. The Morgan fingerprint density at radius 2 is 1.89 bits per heavy atom. The number of hydrogen-bond acceptors (Lipinski definition) is 1. The normalized spacial score (nSPS) is 17.5. The van der Waals surface area contributed by atoms with Gasteiger partial charge in [0.2, 0.25) is 0 Å². The molecule has 98 valence electrons. The summed E-state index contributed by atoms with van der Waals surface area (Å²) in [6.45, 7) is 0.748. The van der Waals surface area contributed by atoms with E-state index < -0.39 is 0 Å². The summed E-state index contributed by atoms with van der Waals surface area (Å²) in [5, 5.41) is 4.85. The van der Waals surface area contributed by atoms with Crippen LogP contribution in [-0.2, 0) is 13.0 Å². The van der Waals surface area contributed by atoms with Gasteiger partial charge < -0.3 is 5.32 Å². The molecule has 2 aromatic carbocycles. The number of hydrogen-bond donors (Lipinski definition) is 1. The highest BCUT2D eigenvalue weighted by Crippen LogP contribution is 2.32. The third kappa shape index (κ3) is 2.64. The standard InChI is InChI=1S/C16H15Cl2N/c17-14-7-3-5-12(16(14)18)10-19-15-9-8-11-4-1-2-6-13(11)15/h1-7,15,19H,8-10H2. The lowest BCUT2D eigenvalue weighted by Crippen LogP contribution is -2.18. The average Bonchev–Trinajstić information content (AvgIpc) is 2.84. The van der Waals surface area contributed by atoms with Crippen molar-refractivity contribution in [2.45, 2.75) is 25.4 Å². The van der Waals surface area contributed by atoms with Crippen molar-refractivity contribution in [1.29, 1.82) is 0 Å². The Hall–Kier alpha value is -1.02. The summed E-state index contributed by atoms with van der Waals surface area (Å²) in [6.07, 6.45) is 2.30. The van der Waals surface area contributed by atoms with Crippen molar-refractivity contribution >= 4 is 23.2 Å². The van der Waals surface area contributed by atoms with Crippen LogP contribution in [0.15, 0.2) is 42.5 Å². The van der Waals surface area contributed by atoms with E-state index in [0.29, 0.717) is 16.1 Å². The Labute approximate surface area is 123 Å². The minimum absolute atomic E-state index is 0.422. The van der Waals surface area contributed by atoms with Gasteiger partial charge >= 0.3 is 0 Å². The molecule has 2 aromatic rings. The van der Waals surface area contributed by atoms with E-state index in [4.69, 9.17) is 23.2 Å². The summed E-state index contributed by atoms with van der Waals surface area (Å²) < 4.78 is 0. The Kier molecular flexibility index (Phi) is 3.79. The van der Waals surface area contributed by atoms with Gasteiger partial charge in [-0.05, 0) is 35.6 Å². The first kappa shape index (κ1) is 13.0. The molecule has 0 heterocycles. The van der Waals surface area contributed by atoms with Crippen LogP contribution in [0.5, 0.6) is 0 Å². The highest BCUT2D eigenvalue weighted by Gasteiger charge is 2.21. The van der Waals surface area contributed by atoms with Crippen molar-refractivity contribution in [1.82, 2.24) is 5.32 Å². The molecular formula is C16H15Cl2N. The quantitative estimate of drug-likeness (QED) is 0.859. The van der Waals surface area contributed by atoms with E-state index in [1.807, 2.05) is 18.2 Å². The van der Waals surface area contributed by atoms with Gasteiger partial charge in [-0.1, -0.05) is 59.6 Å². The van der Waals surface area contributed by atoms with Gasteiger partial charge in [0, 0.05) is 12.6 Å². The van der Waals surface area contributed by atoms with Crippen LogP contribution in [0.1, 0.15) is 29.2 Å². The second-order valence-electron chi connectivity index (χ2n) is 4.88. The minimum atomic E-state index is 0.422. The van der Waals surface area contributed by atoms with E-state index >= 15 is 0 Å². The van der Waals surface area contributed by atoms with E-state index in [0.717, 1.165) is 24.9 Å². The zero-order valence-electron chi connectivity index (χ0n) is 10.5. The van der Waals surface area contributed by atoms with Crippen LogP contribution in [0, 0.1) is 0 Å². The van der Waals surface area contributed by atoms with Crippen molar-refractivity contribution in [3.63, 3.8) is 0 Å². The lowest BCUT2D eigenvalue weighted by Gasteiger charge is -2.15. The van der Waals surface area contributed by atoms with Crippen molar-refractivity contribution in [3.05, 3.63) is 69.2 Å². The van der Waals surface area contributed by atoms with E-state index in [2.05, 4.69) is 29.6 Å². The molecule has 1 N–H and O–H groups in total. The molecule has 0 aliphatic heterocycles. The molecule has 0 saturated heterocycles. The molecule has 0 spiro atoms. The zero-order valence-corrected chi connectivity index (χ0v) is 12.0. The van der Waals surface area contributed by atoms with E-state index in [1.54, 1.807) is 0 Å². The van der Waals surface area contributed by atoms with Crippen LogP contribution >= 0.6 is 23.2 Å². The fourth-order valence-electron chi connectivity index (χ4n) is 2.69. The Bertz CT molecular complexity index is 595. The van der Waals surface area contributed by atoms with Gasteiger partial charge in [0.25, 0.3) is 0 Å². The van der Waals surface area contributed by atoms with Crippen LogP contribution in [0.4, 0.5) is 0 Å². The maximum Gasteiger partial charge on any atom is 0.0637 e. The fraction of sp³-hybridized carbons (Fsp3) is 0.250. The molecule has 0 radical (unpaired) electrons. The van der Waals surface area contributed by atoms with E-state index in [-0.39, 0.29) is 0 Å². The van der Waals surface area contributed by atoms with E-state index in [1.165, 1.54) is 11.1 Å². The highest BCUT2D eigenvalue weighted by atomic mass is 35.5. The summed E-state index contributed by atoms with van der Waals surface area (Å²) in [6, 6.07) is 14.8. The van der Waals surface area contributed by atoms with Crippen LogP contribution in [-0.4, -0.2) is 0 Å². The smallest absolute Gasteiger partial charge is 0.0637 e. The maximum absolute atomic E-state index is 6.21. The lowest BCUT2D eigenvalue weighted by atomic mass is 10.1. The zero-order chi connectivity index (χ0) is 13.2. The second-order valence-corrected chi connectivity index (χ2v) is 5.67. The Morgan fingerprint density at radius 1 is 1.05 bits per heavy atom. The Balaban J connectivity index is 1.73. The number of nitrogens with one attached hydrogen (secondary N) is 1. The van der Waals surface area contributed by atoms with Crippen molar-refractivity contribution < 1.29 is 0 Å². The highest BCUT2D eigenvalue weighted by molar-refractivity contribution is 6.42. The van der Waals surface area contributed by atoms with Crippen LogP contribution in [0.3, 0.4) is 0 Å². The molecule has 0 amide bonds. The number of benzene rings is 2. The van der Waals surface area contributed by atoms with Crippen molar-refractivity contribution in [3.8, 4) is 0 Å². The number of aryl methyl sites for hydroxylation is 1. The van der Waals surface area contributed by atoms with Gasteiger partial charge in [0.15, 0.2) is 0 Å². The van der Waals surface area contributed by atoms with Crippen LogP contribution in [0.2, 0.25) is 10.0 Å². The van der Waals surface area contributed by atoms with Crippen LogP contribution in [0.25, 0.3) is 0 Å². The first-order valence-electron chi connectivity index (χ1n) is 6.50. The predicted octanol–water partition coefficient (Wildman–Crippen LogP) is 4.77. The second kappa shape index (κ2) is 5.54. The monoisotopic (exact) mass is 291 g/mol. The molecule has 0 aromatic heterocycles. The molecule has 1 unspecified atom stereocenters. The molecule has 0 fully saturated rings. The molecular weight excluding hydrogens is 277 g/mol. The maximum atomic E-state index is 6.21. The topological polar surface area (TPSA) is 12.0 Å². The number of fused-ring (bicyclic) bond motifs is 1. The molecule has 1 aliphatic rings. The van der Waals surface area contributed by atoms with Crippen molar-refractivity contribution in [2.75, 3.05) is 0 Å². The summed E-state index contributed by atoms with van der Waals surface area (Å²) >= 11 is 12.2. The number of rotatable bonds is 3. The van der Waals surface area contributed by atoms with Gasteiger partial charge in [0.05, 0.1) is 10.0 Å². The third-order valence-corrected chi connectivity index (χ3v) is 4.56. The Morgan fingerprint density at radius 3 is 2.79 bits per heavy atom. The molecule has 3 heteroatoms. The van der Waals surface area contributed by atoms with Gasteiger partial charge in [-0.25, -0.2) is 0 Å². The first-order valence-corrected chi connectivity index (χ1v) is 7.25.